The Balaban J connectivity index is 2.17. The molecule has 88 valence electrons. The van der Waals surface area contributed by atoms with Crippen LogP contribution in [0, 0.1) is 0 Å². The third-order valence-corrected chi connectivity index (χ3v) is 3.01. The largest absolute Gasteiger partial charge is 0.409 e. The summed E-state index contributed by atoms with van der Waals surface area (Å²) in [7, 11) is 1.81. The van der Waals surface area contributed by atoms with Crippen LogP contribution in [0.2, 0.25) is 0 Å². The highest BCUT2D eigenvalue weighted by Crippen LogP contribution is 2.22. The molecule has 0 saturated heterocycles. The summed E-state index contributed by atoms with van der Waals surface area (Å²) in [4.78, 5) is 8.24. The Bertz CT molecular complexity index is 535. The molecule has 0 aromatic carbocycles. The standard InChI is InChI=1S/C9H10N6OS/c1-15-9(12-5-13-15)17-7-3-2-6(4-11-7)8(10)14-16/h2-5,16H,1H3,(H2,10,14). The zero-order chi connectivity index (χ0) is 12.3. The summed E-state index contributed by atoms with van der Waals surface area (Å²) >= 11 is 1.38. The Morgan fingerprint density at radius 3 is 2.82 bits per heavy atom. The lowest BCUT2D eigenvalue weighted by molar-refractivity contribution is 0.318. The van der Waals surface area contributed by atoms with Crippen LogP contribution in [0.15, 0.2) is 40.0 Å². The van der Waals surface area contributed by atoms with Crippen molar-refractivity contribution >= 4 is 17.6 Å². The molecular weight excluding hydrogens is 240 g/mol. The van der Waals surface area contributed by atoms with Gasteiger partial charge in [-0.2, -0.15) is 5.10 Å². The van der Waals surface area contributed by atoms with Crippen LogP contribution in [0.3, 0.4) is 0 Å². The zero-order valence-corrected chi connectivity index (χ0v) is 9.79. The molecule has 0 unspecified atom stereocenters. The number of aryl methyl sites for hydroxylation is 1. The molecule has 3 N–H and O–H groups in total. The summed E-state index contributed by atoms with van der Waals surface area (Å²) in [5, 5.41) is 16.9. The number of nitrogens with zero attached hydrogens (tertiary/aromatic N) is 5. The number of nitrogens with two attached hydrogens (primary N) is 1. The molecule has 0 radical (unpaired) electrons. The molecular formula is C9H10N6OS. The molecule has 2 aromatic rings. The molecule has 2 heterocycles. The molecule has 8 heteroatoms. The minimum Gasteiger partial charge on any atom is -0.409 e. The molecule has 0 fully saturated rings. The van der Waals surface area contributed by atoms with Gasteiger partial charge in [0.25, 0.3) is 0 Å². The molecule has 0 saturated carbocycles. The Hall–Kier alpha value is -2.09. The minimum atomic E-state index is 0.0349. The van der Waals surface area contributed by atoms with Gasteiger partial charge in [-0.25, -0.2) is 14.6 Å². The fraction of sp³-hybridized carbons (Fsp3) is 0.111. The molecule has 0 atom stereocenters. The summed E-state index contributed by atoms with van der Waals surface area (Å²) in [5.41, 5.74) is 6.00. The number of pyridine rings is 1. The van der Waals surface area contributed by atoms with Gasteiger partial charge in [0.15, 0.2) is 11.0 Å². The van der Waals surface area contributed by atoms with Crippen LogP contribution in [0.4, 0.5) is 0 Å². The average Bonchev–Trinajstić information content (AvgIpc) is 2.75. The normalized spacial score (nSPS) is 11.7. The monoisotopic (exact) mass is 250 g/mol. The van der Waals surface area contributed by atoms with E-state index in [2.05, 4.69) is 20.2 Å². The molecule has 2 rings (SSSR count). The first-order valence-corrected chi connectivity index (χ1v) is 5.48. The summed E-state index contributed by atoms with van der Waals surface area (Å²) in [6, 6.07) is 3.49. The second-order valence-corrected chi connectivity index (χ2v) is 4.13. The van der Waals surface area contributed by atoms with Crippen molar-refractivity contribution in [2.75, 3.05) is 0 Å². The zero-order valence-electron chi connectivity index (χ0n) is 8.98. The van der Waals surface area contributed by atoms with Crippen LogP contribution < -0.4 is 5.73 Å². The highest BCUT2D eigenvalue weighted by molar-refractivity contribution is 7.99. The van der Waals surface area contributed by atoms with Crippen molar-refractivity contribution in [1.82, 2.24) is 19.7 Å². The van der Waals surface area contributed by atoms with Crippen LogP contribution in [0.5, 0.6) is 0 Å². The van der Waals surface area contributed by atoms with E-state index in [-0.39, 0.29) is 5.84 Å². The molecule has 0 spiro atoms. The smallest absolute Gasteiger partial charge is 0.192 e. The fourth-order valence-electron chi connectivity index (χ4n) is 1.12. The van der Waals surface area contributed by atoms with Gasteiger partial charge in [0.1, 0.15) is 11.4 Å². The van der Waals surface area contributed by atoms with Crippen molar-refractivity contribution in [2.24, 2.45) is 17.9 Å². The first kappa shape index (κ1) is 11.4. The summed E-state index contributed by atoms with van der Waals surface area (Å²) in [5.74, 6) is 0.0349. The van der Waals surface area contributed by atoms with Gasteiger partial charge in [-0.3, -0.25) is 0 Å². The number of rotatable bonds is 3. The van der Waals surface area contributed by atoms with Crippen LogP contribution in [0.25, 0.3) is 0 Å². The van der Waals surface area contributed by atoms with E-state index < -0.39 is 0 Å². The molecule has 0 aliphatic carbocycles. The second kappa shape index (κ2) is 4.83. The summed E-state index contributed by atoms with van der Waals surface area (Å²) < 4.78 is 1.66. The third kappa shape index (κ3) is 2.53. The van der Waals surface area contributed by atoms with E-state index in [1.54, 1.807) is 23.9 Å². The number of oxime groups is 1. The Labute approximate surface area is 101 Å². The summed E-state index contributed by atoms with van der Waals surface area (Å²) in [6.45, 7) is 0. The van der Waals surface area contributed by atoms with Crippen LogP contribution in [-0.2, 0) is 7.05 Å². The Morgan fingerprint density at radius 1 is 1.47 bits per heavy atom. The van der Waals surface area contributed by atoms with Gasteiger partial charge in [-0.05, 0) is 23.9 Å². The number of amidine groups is 1. The van der Waals surface area contributed by atoms with Crippen LogP contribution >= 0.6 is 11.8 Å². The van der Waals surface area contributed by atoms with E-state index in [4.69, 9.17) is 10.9 Å². The molecule has 0 amide bonds. The van der Waals surface area contributed by atoms with Crippen molar-refractivity contribution in [3.8, 4) is 0 Å². The lowest BCUT2D eigenvalue weighted by Crippen LogP contribution is -2.13. The number of hydrogen-bond donors (Lipinski definition) is 2. The van der Waals surface area contributed by atoms with Crippen molar-refractivity contribution in [1.29, 1.82) is 0 Å². The first-order valence-electron chi connectivity index (χ1n) is 4.66. The van der Waals surface area contributed by atoms with E-state index in [1.165, 1.54) is 24.3 Å². The molecule has 0 aliphatic rings. The van der Waals surface area contributed by atoms with Crippen LogP contribution in [0.1, 0.15) is 5.56 Å². The van der Waals surface area contributed by atoms with Crippen molar-refractivity contribution < 1.29 is 5.21 Å². The maximum atomic E-state index is 8.51. The van der Waals surface area contributed by atoms with E-state index in [0.717, 1.165) is 10.2 Å². The molecule has 2 aromatic heterocycles. The van der Waals surface area contributed by atoms with Crippen molar-refractivity contribution in [3.05, 3.63) is 30.2 Å². The predicted octanol–water partition coefficient (Wildman–Crippen LogP) is 0.456. The summed E-state index contributed by atoms with van der Waals surface area (Å²) in [6.07, 6.45) is 3.01. The number of hydrogen-bond acceptors (Lipinski definition) is 6. The third-order valence-electron chi connectivity index (χ3n) is 2.01. The highest BCUT2D eigenvalue weighted by atomic mass is 32.2. The minimum absolute atomic E-state index is 0.0349. The van der Waals surface area contributed by atoms with Crippen molar-refractivity contribution in [3.63, 3.8) is 0 Å². The lowest BCUT2D eigenvalue weighted by Gasteiger charge is -2.01. The molecule has 17 heavy (non-hydrogen) atoms. The predicted molar refractivity (Wildman–Crippen MR) is 61.9 cm³/mol. The number of aromatic nitrogens is 4. The van der Waals surface area contributed by atoms with Gasteiger partial charge in [0, 0.05) is 18.8 Å². The van der Waals surface area contributed by atoms with Crippen molar-refractivity contribution in [2.45, 2.75) is 10.2 Å². The van der Waals surface area contributed by atoms with Gasteiger partial charge < -0.3 is 10.9 Å². The van der Waals surface area contributed by atoms with Gasteiger partial charge in [-0.15, -0.1) is 0 Å². The SMILES string of the molecule is Cn1ncnc1Sc1ccc(/C(N)=N/O)cn1. The fourth-order valence-corrected chi connectivity index (χ4v) is 1.83. The van der Waals surface area contributed by atoms with Gasteiger partial charge in [0.05, 0.1) is 0 Å². The lowest BCUT2D eigenvalue weighted by atomic mass is 10.3. The second-order valence-electron chi connectivity index (χ2n) is 3.14. The highest BCUT2D eigenvalue weighted by Gasteiger charge is 2.05. The molecule has 7 nitrogen and oxygen atoms in total. The van der Waals surface area contributed by atoms with Gasteiger partial charge >= 0.3 is 0 Å². The quantitative estimate of drug-likeness (QED) is 0.355. The maximum absolute atomic E-state index is 8.51. The Kier molecular flexibility index (Phi) is 3.24. The first-order chi connectivity index (χ1) is 8.20. The maximum Gasteiger partial charge on any atom is 0.192 e. The van der Waals surface area contributed by atoms with Gasteiger partial charge in [0.2, 0.25) is 0 Å². The topological polar surface area (TPSA) is 102 Å². The van der Waals surface area contributed by atoms with E-state index >= 15 is 0 Å². The molecule has 0 aliphatic heterocycles. The van der Waals surface area contributed by atoms with E-state index in [9.17, 15) is 0 Å². The van der Waals surface area contributed by atoms with Crippen LogP contribution in [-0.4, -0.2) is 30.8 Å². The van der Waals surface area contributed by atoms with E-state index in [0.29, 0.717) is 5.56 Å². The average molecular weight is 250 g/mol. The van der Waals surface area contributed by atoms with Gasteiger partial charge in [-0.1, -0.05) is 5.16 Å². The van der Waals surface area contributed by atoms with E-state index in [1.807, 2.05) is 0 Å². The Morgan fingerprint density at radius 2 is 2.29 bits per heavy atom. The molecule has 0 bridgehead atoms.